The highest BCUT2D eigenvalue weighted by Gasteiger charge is 2.27. The fourth-order valence-corrected chi connectivity index (χ4v) is 1.61. The molecule has 0 spiro atoms. The van der Waals surface area contributed by atoms with Crippen LogP contribution >= 0.6 is 0 Å². The van der Waals surface area contributed by atoms with Gasteiger partial charge in [-0.1, -0.05) is 26.8 Å². The molecule has 2 N–H and O–H groups in total. The van der Waals surface area contributed by atoms with Crippen LogP contribution in [-0.4, -0.2) is 12.1 Å². The van der Waals surface area contributed by atoms with Crippen molar-refractivity contribution in [1.29, 1.82) is 0 Å². The number of para-hydroxylation sites is 1. The molecule has 1 unspecified atom stereocenters. The van der Waals surface area contributed by atoms with Crippen molar-refractivity contribution >= 4 is 11.1 Å². The highest BCUT2D eigenvalue weighted by atomic mass is 16.5. The summed E-state index contributed by atoms with van der Waals surface area (Å²) in [5.74, 6) is 1.26. The third kappa shape index (κ3) is 2.13. The van der Waals surface area contributed by atoms with E-state index < -0.39 is 0 Å². The second-order valence-electron chi connectivity index (χ2n) is 5.20. The molecule has 0 aliphatic rings. The summed E-state index contributed by atoms with van der Waals surface area (Å²) in [4.78, 5) is 4.43. The van der Waals surface area contributed by atoms with E-state index in [0.717, 1.165) is 5.52 Å². The van der Waals surface area contributed by atoms with Crippen molar-refractivity contribution in [2.24, 2.45) is 11.1 Å². The van der Waals surface area contributed by atoms with Crippen molar-refractivity contribution in [3.05, 3.63) is 24.1 Å². The average molecular weight is 234 g/mol. The van der Waals surface area contributed by atoms with E-state index >= 15 is 0 Å². The van der Waals surface area contributed by atoms with Crippen molar-refractivity contribution in [1.82, 2.24) is 4.98 Å². The Balaban J connectivity index is 2.52. The van der Waals surface area contributed by atoms with E-state index in [9.17, 15) is 0 Å². The van der Waals surface area contributed by atoms with E-state index in [1.807, 2.05) is 18.2 Å². The smallest absolute Gasteiger partial charge is 0.213 e. The van der Waals surface area contributed by atoms with Gasteiger partial charge in [0.15, 0.2) is 11.1 Å². The van der Waals surface area contributed by atoms with Crippen LogP contribution in [-0.2, 0) is 0 Å². The molecule has 1 heterocycles. The highest BCUT2D eigenvalue weighted by molar-refractivity contribution is 5.79. The Morgan fingerprint density at radius 1 is 1.35 bits per heavy atom. The number of hydrogen-bond donors (Lipinski definition) is 1. The first-order chi connectivity index (χ1) is 7.93. The molecule has 17 heavy (non-hydrogen) atoms. The molecule has 1 aromatic heterocycles. The molecule has 0 fully saturated rings. The maximum atomic E-state index is 6.13. The number of fused-ring (bicyclic) bond motifs is 1. The van der Waals surface area contributed by atoms with Crippen molar-refractivity contribution in [3.63, 3.8) is 0 Å². The summed E-state index contributed by atoms with van der Waals surface area (Å²) in [6, 6.07) is 5.36. The van der Waals surface area contributed by atoms with E-state index in [0.29, 0.717) is 17.2 Å². The number of methoxy groups -OCH3 is 1. The van der Waals surface area contributed by atoms with Crippen LogP contribution in [0.3, 0.4) is 0 Å². The van der Waals surface area contributed by atoms with E-state index in [1.165, 1.54) is 0 Å². The Hall–Kier alpha value is -1.55. The van der Waals surface area contributed by atoms with Crippen LogP contribution in [0.1, 0.15) is 32.7 Å². The van der Waals surface area contributed by atoms with E-state index in [-0.39, 0.29) is 11.5 Å². The number of oxazole rings is 1. The molecule has 2 rings (SSSR count). The number of aromatic nitrogens is 1. The van der Waals surface area contributed by atoms with E-state index in [2.05, 4.69) is 25.8 Å². The van der Waals surface area contributed by atoms with Crippen LogP contribution in [0.5, 0.6) is 5.75 Å². The lowest BCUT2D eigenvalue weighted by Gasteiger charge is -2.23. The quantitative estimate of drug-likeness (QED) is 0.867. The molecule has 92 valence electrons. The first kappa shape index (κ1) is 11.9. The van der Waals surface area contributed by atoms with Crippen molar-refractivity contribution < 1.29 is 9.15 Å². The van der Waals surface area contributed by atoms with Crippen LogP contribution in [0.25, 0.3) is 11.1 Å². The van der Waals surface area contributed by atoms with Gasteiger partial charge in [0.25, 0.3) is 0 Å². The molecule has 0 aliphatic heterocycles. The molecule has 2 aromatic rings. The number of nitrogens with two attached hydrogens (primary N) is 1. The fraction of sp³-hybridized carbons (Fsp3) is 0.462. The van der Waals surface area contributed by atoms with Crippen molar-refractivity contribution in [2.45, 2.75) is 26.8 Å². The largest absolute Gasteiger partial charge is 0.494 e. The first-order valence-corrected chi connectivity index (χ1v) is 5.62. The minimum Gasteiger partial charge on any atom is -0.494 e. The van der Waals surface area contributed by atoms with E-state index in [4.69, 9.17) is 14.9 Å². The fourth-order valence-electron chi connectivity index (χ4n) is 1.61. The lowest BCUT2D eigenvalue weighted by atomic mass is 9.87. The summed E-state index contributed by atoms with van der Waals surface area (Å²) in [6.07, 6.45) is 0. The van der Waals surface area contributed by atoms with Crippen LogP contribution in [0.2, 0.25) is 0 Å². The minimum atomic E-state index is -0.236. The van der Waals surface area contributed by atoms with Crippen molar-refractivity contribution in [2.75, 3.05) is 7.11 Å². The van der Waals surface area contributed by atoms with Gasteiger partial charge in [0, 0.05) is 0 Å². The second kappa shape index (κ2) is 4.04. The third-order valence-corrected chi connectivity index (χ3v) is 2.82. The molecule has 0 aliphatic carbocycles. The van der Waals surface area contributed by atoms with Gasteiger partial charge in [0.1, 0.15) is 5.75 Å². The van der Waals surface area contributed by atoms with Crippen molar-refractivity contribution in [3.8, 4) is 5.75 Å². The maximum absolute atomic E-state index is 6.13. The molecule has 0 saturated carbocycles. The second-order valence-corrected chi connectivity index (χ2v) is 5.20. The van der Waals surface area contributed by atoms with Crippen LogP contribution in [0.15, 0.2) is 22.6 Å². The summed E-state index contributed by atoms with van der Waals surface area (Å²) >= 11 is 0. The zero-order valence-corrected chi connectivity index (χ0v) is 10.7. The van der Waals surface area contributed by atoms with E-state index in [1.54, 1.807) is 7.11 Å². The zero-order chi connectivity index (χ0) is 12.6. The number of ether oxygens (including phenoxy) is 1. The molecule has 1 aromatic carbocycles. The highest BCUT2D eigenvalue weighted by Crippen LogP contribution is 2.33. The molecular weight excluding hydrogens is 216 g/mol. The number of rotatable bonds is 2. The maximum Gasteiger partial charge on any atom is 0.213 e. The molecule has 4 nitrogen and oxygen atoms in total. The summed E-state index contributed by atoms with van der Waals surface area (Å²) in [6.45, 7) is 6.18. The predicted molar refractivity (Wildman–Crippen MR) is 66.9 cm³/mol. The van der Waals surface area contributed by atoms with Gasteiger partial charge in [-0.25, -0.2) is 4.98 Å². The van der Waals surface area contributed by atoms with Gasteiger partial charge in [-0.3, -0.25) is 0 Å². The van der Waals surface area contributed by atoms with Gasteiger partial charge in [-0.2, -0.15) is 0 Å². The zero-order valence-electron chi connectivity index (χ0n) is 10.7. The summed E-state index contributed by atoms with van der Waals surface area (Å²) in [7, 11) is 1.62. The Morgan fingerprint density at radius 2 is 2.06 bits per heavy atom. The van der Waals surface area contributed by atoms with Gasteiger partial charge in [-0.15, -0.1) is 0 Å². The Kier molecular flexibility index (Phi) is 2.83. The summed E-state index contributed by atoms with van der Waals surface area (Å²) in [5, 5.41) is 0. The number of hydrogen-bond acceptors (Lipinski definition) is 4. The normalized spacial score (nSPS) is 13.9. The van der Waals surface area contributed by atoms with Gasteiger partial charge in [-0.05, 0) is 17.5 Å². The molecule has 0 bridgehead atoms. The van der Waals surface area contributed by atoms with Gasteiger partial charge in [0.2, 0.25) is 5.89 Å². The van der Waals surface area contributed by atoms with Gasteiger partial charge in [0.05, 0.1) is 13.2 Å². The topological polar surface area (TPSA) is 61.3 Å². The third-order valence-electron chi connectivity index (χ3n) is 2.82. The first-order valence-electron chi connectivity index (χ1n) is 5.62. The van der Waals surface area contributed by atoms with Crippen LogP contribution in [0, 0.1) is 5.41 Å². The Morgan fingerprint density at radius 3 is 2.65 bits per heavy atom. The molecule has 1 atom stereocenters. The average Bonchev–Trinajstić information content (AvgIpc) is 2.69. The standard InChI is InChI=1S/C13H18N2O2/c1-13(2,3)11(14)12-15-10-8(16-4)6-5-7-9(10)17-12/h5-7,11H,14H2,1-4H3. The van der Waals surface area contributed by atoms with Gasteiger partial charge >= 0.3 is 0 Å². The molecule has 0 amide bonds. The molecule has 4 heteroatoms. The minimum absolute atomic E-state index is 0.0892. The molecular formula is C13H18N2O2. The number of nitrogens with zero attached hydrogens (tertiary/aromatic N) is 1. The summed E-state index contributed by atoms with van der Waals surface area (Å²) < 4.78 is 10.9. The lowest BCUT2D eigenvalue weighted by Crippen LogP contribution is -2.26. The van der Waals surface area contributed by atoms with Crippen LogP contribution < -0.4 is 10.5 Å². The number of benzene rings is 1. The SMILES string of the molecule is COc1cccc2oc(C(N)C(C)(C)C)nc12. The molecule has 0 saturated heterocycles. The monoisotopic (exact) mass is 234 g/mol. The predicted octanol–water partition coefficient (Wildman–Crippen LogP) is 2.88. The van der Waals surface area contributed by atoms with Crippen LogP contribution in [0.4, 0.5) is 0 Å². The molecule has 0 radical (unpaired) electrons. The lowest BCUT2D eigenvalue weighted by molar-refractivity contribution is 0.282. The van der Waals surface area contributed by atoms with Gasteiger partial charge < -0.3 is 14.9 Å². The summed E-state index contributed by atoms with van der Waals surface area (Å²) in [5.41, 5.74) is 7.48. The Labute approximate surface area is 101 Å². The Bertz CT molecular complexity index is 526.